The molecule has 2 rings (SSSR count). The van der Waals surface area contributed by atoms with Crippen molar-refractivity contribution in [1.82, 2.24) is 10.5 Å². The van der Waals surface area contributed by atoms with Crippen LogP contribution >= 0.6 is 0 Å². The van der Waals surface area contributed by atoms with Gasteiger partial charge in [-0.25, -0.2) is 4.79 Å². The molecule has 0 spiro atoms. The quantitative estimate of drug-likeness (QED) is 0.782. The summed E-state index contributed by atoms with van der Waals surface area (Å²) >= 11 is 0. The average molecular weight is 209 g/mol. The standard InChI is InChI=1S/C10H15N3O2/c1-6-7(2)13-15-9(6)12-10(14)11-8-4-3-5-8/h8H,3-5H2,1-2H3,(H2,11,12,14). The number of hydrogen-bond donors (Lipinski definition) is 2. The van der Waals surface area contributed by atoms with Crippen LogP contribution in [0.15, 0.2) is 4.52 Å². The van der Waals surface area contributed by atoms with E-state index < -0.39 is 0 Å². The summed E-state index contributed by atoms with van der Waals surface area (Å²) in [5.41, 5.74) is 1.67. The van der Waals surface area contributed by atoms with E-state index in [1.807, 2.05) is 13.8 Å². The van der Waals surface area contributed by atoms with Gasteiger partial charge < -0.3 is 9.84 Å². The Hall–Kier alpha value is -1.52. The lowest BCUT2D eigenvalue weighted by Crippen LogP contribution is -2.41. The molecule has 0 aliphatic heterocycles. The van der Waals surface area contributed by atoms with E-state index in [2.05, 4.69) is 15.8 Å². The Balaban J connectivity index is 1.90. The van der Waals surface area contributed by atoms with Crippen LogP contribution in [0.2, 0.25) is 0 Å². The van der Waals surface area contributed by atoms with E-state index >= 15 is 0 Å². The summed E-state index contributed by atoms with van der Waals surface area (Å²) in [7, 11) is 0. The maximum atomic E-state index is 11.5. The second kappa shape index (κ2) is 3.92. The number of nitrogens with one attached hydrogen (secondary N) is 2. The summed E-state index contributed by atoms with van der Waals surface area (Å²) in [4.78, 5) is 11.5. The highest BCUT2D eigenvalue weighted by molar-refractivity contribution is 5.88. The molecule has 2 N–H and O–H groups in total. The third kappa shape index (κ3) is 2.11. The third-order valence-electron chi connectivity index (χ3n) is 2.82. The molecule has 0 atom stereocenters. The minimum absolute atomic E-state index is 0.209. The molecule has 2 amide bonds. The van der Waals surface area contributed by atoms with Gasteiger partial charge in [0.2, 0.25) is 5.88 Å². The monoisotopic (exact) mass is 209 g/mol. The first kappa shape index (κ1) is 10.0. The third-order valence-corrected chi connectivity index (χ3v) is 2.82. The first-order valence-electron chi connectivity index (χ1n) is 5.17. The van der Waals surface area contributed by atoms with Crippen LogP contribution in [0.25, 0.3) is 0 Å². The number of carbonyl (C=O) groups is 1. The zero-order valence-corrected chi connectivity index (χ0v) is 8.96. The number of aromatic nitrogens is 1. The lowest BCUT2D eigenvalue weighted by atomic mass is 9.93. The molecule has 1 heterocycles. The minimum atomic E-state index is -0.209. The largest absolute Gasteiger partial charge is 0.338 e. The van der Waals surface area contributed by atoms with Crippen LogP contribution in [0, 0.1) is 13.8 Å². The van der Waals surface area contributed by atoms with E-state index in [1.165, 1.54) is 6.42 Å². The summed E-state index contributed by atoms with van der Waals surface area (Å²) in [6.07, 6.45) is 3.34. The van der Waals surface area contributed by atoms with Crippen molar-refractivity contribution in [2.75, 3.05) is 5.32 Å². The van der Waals surface area contributed by atoms with E-state index in [4.69, 9.17) is 4.52 Å². The van der Waals surface area contributed by atoms with Crippen molar-refractivity contribution in [1.29, 1.82) is 0 Å². The SMILES string of the molecule is Cc1noc(NC(=O)NC2CCC2)c1C. The van der Waals surface area contributed by atoms with Crippen molar-refractivity contribution in [3.05, 3.63) is 11.3 Å². The molecule has 15 heavy (non-hydrogen) atoms. The fourth-order valence-electron chi connectivity index (χ4n) is 1.41. The molecule has 82 valence electrons. The van der Waals surface area contributed by atoms with Crippen molar-refractivity contribution in [2.24, 2.45) is 0 Å². The number of urea groups is 1. The molecule has 1 aromatic rings. The molecule has 5 nitrogen and oxygen atoms in total. The number of hydrogen-bond acceptors (Lipinski definition) is 3. The molecule has 0 unspecified atom stereocenters. The van der Waals surface area contributed by atoms with Gasteiger partial charge in [0.1, 0.15) is 0 Å². The van der Waals surface area contributed by atoms with Crippen molar-refractivity contribution < 1.29 is 9.32 Å². The Bertz CT molecular complexity index is 369. The Morgan fingerprint density at radius 2 is 2.20 bits per heavy atom. The van der Waals surface area contributed by atoms with Gasteiger partial charge in [-0.1, -0.05) is 5.16 Å². The highest BCUT2D eigenvalue weighted by atomic mass is 16.5. The maximum Gasteiger partial charge on any atom is 0.321 e. The Morgan fingerprint density at radius 3 is 2.67 bits per heavy atom. The van der Waals surface area contributed by atoms with Gasteiger partial charge in [-0.2, -0.15) is 0 Å². The van der Waals surface area contributed by atoms with Crippen molar-refractivity contribution in [2.45, 2.75) is 39.2 Å². The molecule has 1 saturated carbocycles. The molecule has 0 aromatic carbocycles. The first-order valence-corrected chi connectivity index (χ1v) is 5.17. The highest BCUT2D eigenvalue weighted by Crippen LogP contribution is 2.19. The van der Waals surface area contributed by atoms with E-state index in [9.17, 15) is 4.79 Å². The van der Waals surface area contributed by atoms with Crippen LogP contribution in [-0.4, -0.2) is 17.2 Å². The summed E-state index contributed by atoms with van der Waals surface area (Å²) < 4.78 is 4.98. The summed E-state index contributed by atoms with van der Waals surface area (Å²) in [6, 6.07) is 0.119. The summed E-state index contributed by atoms with van der Waals surface area (Å²) in [5.74, 6) is 0.435. The predicted molar refractivity (Wildman–Crippen MR) is 55.8 cm³/mol. The van der Waals surface area contributed by atoms with Crippen LogP contribution in [0.1, 0.15) is 30.5 Å². The van der Waals surface area contributed by atoms with Gasteiger partial charge in [0.25, 0.3) is 0 Å². The molecule has 1 aliphatic rings. The smallest absolute Gasteiger partial charge is 0.321 e. The van der Waals surface area contributed by atoms with Crippen LogP contribution in [0.3, 0.4) is 0 Å². The molecule has 1 fully saturated rings. The normalized spacial score (nSPS) is 15.9. The van der Waals surface area contributed by atoms with E-state index in [0.717, 1.165) is 24.1 Å². The van der Waals surface area contributed by atoms with Gasteiger partial charge >= 0.3 is 6.03 Å². The van der Waals surface area contributed by atoms with Gasteiger partial charge in [-0.15, -0.1) is 0 Å². The van der Waals surface area contributed by atoms with Crippen LogP contribution in [-0.2, 0) is 0 Å². The number of aryl methyl sites for hydroxylation is 1. The van der Waals surface area contributed by atoms with Gasteiger partial charge in [0, 0.05) is 11.6 Å². The van der Waals surface area contributed by atoms with E-state index in [1.54, 1.807) is 0 Å². The lowest BCUT2D eigenvalue weighted by molar-refractivity contribution is 0.239. The number of anilines is 1. The Kier molecular flexibility index (Phi) is 2.62. The van der Waals surface area contributed by atoms with Crippen molar-refractivity contribution in [3.8, 4) is 0 Å². The fraction of sp³-hybridized carbons (Fsp3) is 0.600. The Morgan fingerprint density at radius 1 is 1.47 bits per heavy atom. The first-order chi connectivity index (χ1) is 7.16. The molecule has 0 saturated heterocycles. The van der Waals surface area contributed by atoms with E-state index in [-0.39, 0.29) is 6.03 Å². The topological polar surface area (TPSA) is 67.2 Å². The van der Waals surface area contributed by atoms with Crippen molar-refractivity contribution in [3.63, 3.8) is 0 Å². The summed E-state index contributed by atoms with van der Waals surface area (Å²) in [5, 5.41) is 9.28. The second-order valence-electron chi connectivity index (χ2n) is 3.95. The minimum Gasteiger partial charge on any atom is -0.338 e. The zero-order valence-electron chi connectivity index (χ0n) is 8.96. The van der Waals surface area contributed by atoms with Gasteiger partial charge in [-0.05, 0) is 33.1 Å². The predicted octanol–water partition coefficient (Wildman–Crippen LogP) is 1.97. The molecule has 0 radical (unpaired) electrons. The molecule has 1 aliphatic carbocycles. The van der Waals surface area contributed by atoms with E-state index in [0.29, 0.717) is 11.9 Å². The van der Waals surface area contributed by atoms with Crippen molar-refractivity contribution >= 4 is 11.9 Å². The number of amides is 2. The molecule has 0 bridgehead atoms. The fourth-order valence-corrected chi connectivity index (χ4v) is 1.41. The number of nitrogens with zero attached hydrogens (tertiary/aromatic N) is 1. The maximum absolute atomic E-state index is 11.5. The molecule has 1 aromatic heterocycles. The van der Waals surface area contributed by atoms with Crippen LogP contribution in [0.4, 0.5) is 10.7 Å². The number of rotatable bonds is 2. The molecule has 5 heteroatoms. The second-order valence-corrected chi connectivity index (χ2v) is 3.95. The van der Waals surface area contributed by atoms with Crippen LogP contribution < -0.4 is 10.6 Å². The highest BCUT2D eigenvalue weighted by Gasteiger charge is 2.20. The Labute approximate surface area is 88.2 Å². The van der Waals surface area contributed by atoms with Gasteiger partial charge in [0.05, 0.1) is 5.69 Å². The summed E-state index contributed by atoms with van der Waals surface area (Å²) in [6.45, 7) is 3.71. The zero-order chi connectivity index (χ0) is 10.8. The lowest BCUT2D eigenvalue weighted by Gasteiger charge is -2.26. The molecular weight excluding hydrogens is 194 g/mol. The van der Waals surface area contributed by atoms with Crippen LogP contribution in [0.5, 0.6) is 0 Å². The molecular formula is C10H15N3O2. The van der Waals surface area contributed by atoms with Gasteiger partial charge in [-0.3, -0.25) is 5.32 Å². The number of carbonyl (C=O) groups excluding carboxylic acids is 1. The average Bonchev–Trinajstić information content (AvgIpc) is 2.43. The van der Waals surface area contributed by atoms with Gasteiger partial charge in [0.15, 0.2) is 0 Å².